The third kappa shape index (κ3) is 3.60. The van der Waals surface area contributed by atoms with Gasteiger partial charge in [-0.1, -0.05) is 54.6 Å². The van der Waals surface area contributed by atoms with E-state index in [1.165, 1.54) is 16.0 Å². The molecule has 4 rings (SSSR count). The fourth-order valence-electron chi connectivity index (χ4n) is 3.23. The van der Waals surface area contributed by atoms with Crippen molar-refractivity contribution in [2.75, 3.05) is 13.2 Å². The van der Waals surface area contributed by atoms with Crippen LogP contribution in [0.1, 0.15) is 31.8 Å². The van der Waals surface area contributed by atoms with Gasteiger partial charge >= 0.3 is 0 Å². The molecule has 0 bridgehead atoms. The molecule has 0 radical (unpaired) electrons. The molecule has 1 aliphatic rings. The van der Waals surface area contributed by atoms with Crippen LogP contribution < -0.4 is 4.74 Å². The molecule has 27 heavy (non-hydrogen) atoms. The zero-order chi connectivity index (χ0) is 18.6. The number of carbonyl (C=O) groups excluding carboxylic acids is 2. The van der Waals surface area contributed by atoms with Crippen LogP contribution in [0.2, 0.25) is 0 Å². The van der Waals surface area contributed by atoms with Gasteiger partial charge in [0.2, 0.25) is 0 Å². The number of imide groups is 1. The molecule has 0 aliphatic carbocycles. The smallest absolute Gasteiger partial charge is 0.261 e. The molecule has 3 aromatic rings. The first-order valence-corrected chi connectivity index (χ1v) is 8.93. The van der Waals surface area contributed by atoms with Gasteiger partial charge in [0.05, 0.1) is 17.7 Å². The SMILES string of the molecule is O=C1c2ccccc2C(=O)N1CCOc1ccc(Cc2ccccc2)cc1. The van der Waals surface area contributed by atoms with E-state index in [1.54, 1.807) is 24.3 Å². The number of hydrogen-bond donors (Lipinski definition) is 0. The van der Waals surface area contributed by atoms with Gasteiger partial charge in [-0.25, -0.2) is 0 Å². The number of fused-ring (bicyclic) bond motifs is 1. The Morgan fingerprint density at radius 2 is 1.22 bits per heavy atom. The van der Waals surface area contributed by atoms with Crippen LogP contribution in [0.3, 0.4) is 0 Å². The Morgan fingerprint density at radius 3 is 1.85 bits per heavy atom. The summed E-state index contributed by atoms with van der Waals surface area (Å²) in [5, 5.41) is 0. The van der Waals surface area contributed by atoms with E-state index in [1.807, 2.05) is 42.5 Å². The molecule has 1 aliphatic heterocycles. The van der Waals surface area contributed by atoms with E-state index in [4.69, 9.17) is 4.74 Å². The van der Waals surface area contributed by atoms with Gasteiger partial charge in [-0.05, 0) is 41.8 Å². The molecule has 3 aromatic carbocycles. The Hall–Kier alpha value is -3.40. The topological polar surface area (TPSA) is 46.6 Å². The minimum atomic E-state index is -0.252. The van der Waals surface area contributed by atoms with Gasteiger partial charge in [-0.3, -0.25) is 14.5 Å². The standard InChI is InChI=1S/C23H19NO3/c25-22-20-8-4-5-9-21(20)23(26)24(22)14-15-27-19-12-10-18(11-13-19)16-17-6-2-1-3-7-17/h1-13H,14-16H2. The zero-order valence-corrected chi connectivity index (χ0v) is 14.8. The van der Waals surface area contributed by atoms with Gasteiger partial charge in [0.1, 0.15) is 12.4 Å². The van der Waals surface area contributed by atoms with E-state index in [0.29, 0.717) is 11.1 Å². The predicted octanol–water partition coefficient (Wildman–Crippen LogP) is 3.95. The number of rotatable bonds is 6. The average molecular weight is 357 g/mol. The zero-order valence-electron chi connectivity index (χ0n) is 14.8. The van der Waals surface area contributed by atoms with Crippen molar-refractivity contribution < 1.29 is 14.3 Å². The molecule has 4 heteroatoms. The summed E-state index contributed by atoms with van der Waals surface area (Å²) in [6.45, 7) is 0.502. The molecule has 4 nitrogen and oxygen atoms in total. The lowest BCUT2D eigenvalue weighted by Gasteiger charge is -2.14. The van der Waals surface area contributed by atoms with E-state index in [0.717, 1.165) is 12.2 Å². The van der Waals surface area contributed by atoms with Gasteiger partial charge in [0.15, 0.2) is 0 Å². The second kappa shape index (κ2) is 7.46. The molecule has 0 aromatic heterocycles. The maximum atomic E-state index is 12.3. The summed E-state index contributed by atoms with van der Waals surface area (Å²) in [6.07, 6.45) is 0.871. The summed E-state index contributed by atoms with van der Waals surface area (Å²) in [6, 6.07) is 25.1. The third-order valence-electron chi connectivity index (χ3n) is 4.64. The van der Waals surface area contributed by atoms with E-state index in [2.05, 4.69) is 12.1 Å². The molecule has 2 amide bonds. The second-order valence-corrected chi connectivity index (χ2v) is 6.46. The third-order valence-corrected chi connectivity index (χ3v) is 4.64. The molecule has 0 fully saturated rings. The van der Waals surface area contributed by atoms with Crippen LogP contribution in [-0.4, -0.2) is 29.9 Å². The summed E-state index contributed by atoms with van der Waals surface area (Å²) in [5.41, 5.74) is 3.39. The van der Waals surface area contributed by atoms with E-state index in [-0.39, 0.29) is 25.0 Å². The van der Waals surface area contributed by atoms with Crippen molar-refractivity contribution >= 4 is 11.8 Å². The van der Waals surface area contributed by atoms with Crippen LogP contribution in [0.5, 0.6) is 5.75 Å². The highest BCUT2D eigenvalue weighted by Crippen LogP contribution is 2.22. The number of nitrogens with zero attached hydrogens (tertiary/aromatic N) is 1. The van der Waals surface area contributed by atoms with Crippen molar-refractivity contribution in [3.8, 4) is 5.75 Å². The molecular formula is C23H19NO3. The van der Waals surface area contributed by atoms with Crippen molar-refractivity contribution in [2.45, 2.75) is 6.42 Å². The number of carbonyl (C=O) groups is 2. The van der Waals surface area contributed by atoms with Gasteiger partial charge in [-0.2, -0.15) is 0 Å². The maximum absolute atomic E-state index is 12.3. The van der Waals surface area contributed by atoms with E-state index < -0.39 is 0 Å². The second-order valence-electron chi connectivity index (χ2n) is 6.46. The lowest BCUT2D eigenvalue weighted by atomic mass is 10.1. The molecule has 0 unspecified atom stereocenters. The van der Waals surface area contributed by atoms with Crippen molar-refractivity contribution in [3.05, 3.63) is 101 Å². The molecule has 134 valence electrons. The summed E-state index contributed by atoms with van der Waals surface area (Å²) in [7, 11) is 0. The first kappa shape index (κ1) is 17.0. The van der Waals surface area contributed by atoms with Crippen LogP contribution in [0, 0.1) is 0 Å². The Balaban J connectivity index is 1.32. The van der Waals surface area contributed by atoms with Crippen molar-refractivity contribution in [1.82, 2.24) is 4.90 Å². The summed E-state index contributed by atoms with van der Waals surface area (Å²) in [5.74, 6) is 0.221. The van der Waals surface area contributed by atoms with Crippen molar-refractivity contribution in [1.29, 1.82) is 0 Å². The number of hydrogen-bond acceptors (Lipinski definition) is 3. The lowest BCUT2D eigenvalue weighted by Crippen LogP contribution is -2.33. The van der Waals surface area contributed by atoms with Gasteiger partial charge in [-0.15, -0.1) is 0 Å². The molecule has 0 N–H and O–H groups in total. The lowest BCUT2D eigenvalue weighted by molar-refractivity contribution is 0.0631. The molecule has 0 saturated carbocycles. The van der Waals surface area contributed by atoms with E-state index >= 15 is 0 Å². The summed E-state index contributed by atoms with van der Waals surface area (Å²) in [4.78, 5) is 25.9. The maximum Gasteiger partial charge on any atom is 0.261 e. The first-order chi connectivity index (χ1) is 13.2. The minimum Gasteiger partial charge on any atom is -0.492 e. The first-order valence-electron chi connectivity index (χ1n) is 8.93. The van der Waals surface area contributed by atoms with Crippen LogP contribution in [-0.2, 0) is 6.42 Å². The molecule has 0 saturated heterocycles. The Bertz CT molecular complexity index is 929. The highest BCUT2D eigenvalue weighted by Gasteiger charge is 2.34. The molecule has 1 heterocycles. The summed E-state index contributed by atoms with van der Waals surface area (Å²) < 4.78 is 5.72. The highest BCUT2D eigenvalue weighted by molar-refractivity contribution is 6.21. The Morgan fingerprint density at radius 1 is 0.667 bits per heavy atom. The van der Waals surface area contributed by atoms with Crippen LogP contribution >= 0.6 is 0 Å². The van der Waals surface area contributed by atoms with Crippen LogP contribution in [0.25, 0.3) is 0 Å². The molecule has 0 atom stereocenters. The Kier molecular flexibility index (Phi) is 4.71. The molecule has 0 spiro atoms. The van der Waals surface area contributed by atoms with Gasteiger partial charge in [0, 0.05) is 0 Å². The quantitative estimate of drug-likeness (QED) is 0.628. The van der Waals surface area contributed by atoms with Gasteiger partial charge in [0.25, 0.3) is 11.8 Å². The van der Waals surface area contributed by atoms with Crippen LogP contribution in [0.15, 0.2) is 78.9 Å². The minimum absolute atomic E-state index is 0.234. The van der Waals surface area contributed by atoms with Crippen molar-refractivity contribution in [3.63, 3.8) is 0 Å². The monoisotopic (exact) mass is 357 g/mol. The fourth-order valence-corrected chi connectivity index (χ4v) is 3.23. The summed E-state index contributed by atoms with van der Waals surface area (Å²) >= 11 is 0. The number of benzene rings is 3. The predicted molar refractivity (Wildman–Crippen MR) is 103 cm³/mol. The fraction of sp³-hybridized carbons (Fsp3) is 0.130. The largest absolute Gasteiger partial charge is 0.492 e. The normalized spacial score (nSPS) is 13.0. The molecular weight excluding hydrogens is 338 g/mol. The van der Waals surface area contributed by atoms with Crippen molar-refractivity contribution in [2.24, 2.45) is 0 Å². The highest BCUT2D eigenvalue weighted by atomic mass is 16.5. The number of amides is 2. The van der Waals surface area contributed by atoms with Gasteiger partial charge < -0.3 is 4.74 Å². The van der Waals surface area contributed by atoms with Crippen LogP contribution in [0.4, 0.5) is 0 Å². The average Bonchev–Trinajstić information content (AvgIpc) is 2.95. The Labute approximate surface area is 158 Å². The van der Waals surface area contributed by atoms with E-state index in [9.17, 15) is 9.59 Å². The number of ether oxygens (including phenoxy) is 1.